The maximum atomic E-state index is 5.63. The highest BCUT2D eigenvalue weighted by Gasteiger charge is 2.08. The van der Waals surface area contributed by atoms with Crippen LogP contribution in [0.25, 0.3) is 27.9 Å². The average molecular weight is 265 g/mol. The van der Waals surface area contributed by atoms with Crippen LogP contribution >= 0.6 is 0 Å². The summed E-state index contributed by atoms with van der Waals surface area (Å²) in [5, 5.41) is 12.6. The van der Waals surface area contributed by atoms with Crippen molar-refractivity contribution < 1.29 is 0 Å². The Bertz CT molecular complexity index is 905. The summed E-state index contributed by atoms with van der Waals surface area (Å²) in [5.74, 6) is 0.643. The Kier molecular flexibility index (Phi) is 2.27. The first-order chi connectivity index (χ1) is 9.85. The molecule has 3 aromatic heterocycles. The number of fused-ring (bicyclic) bond motifs is 2. The van der Waals surface area contributed by atoms with Crippen LogP contribution in [0, 0.1) is 0 Å². The van der Waals surface area contributed by atoms with Gasteiger partial charge in [-0.2, -0.15) is 9.61 Å². The number of rotatable bonds is 2. The highest BCUT2D eigenvalue weighted by molar-refractivity contribution is 5.80. The molecule has 3 N–H and O–H groups in total. The number of nitrogens with two attached hydrogens (primary N) is 1. The summed E-state index contributed by atoms with van der Waals surface area (Å²) < 4.78 is 1.67. The van der Waals surface area contributed by atoms with Crippen molar-refractivity contribution in [1.82, 2.24) is 29.8 Å². The van der Waals surface area contributed by atoms with Gasteiger partial charge in [-0.15, -0.1) is 10.2 Å². The van der Waals surface area contributed by atoms with Gasteiger partial charge >= 0.3 is 0 Å². The Labute approximate surface area is 113 Å². The predicted octanol–water partition coefficient (Wildman–Crippen LogP) is 1.13. The third-order valence-corrected chi connectivity index (χ3v) is 3.23. The number of aromatic nitrogens is 6. The molecule has 98 valence electrons. The zero-order valence-corrected chi connectivity index (χ0v) is 10.5. The Hall–Kier alpha value is -2.80. The molecule has 4 aromatic rings. The quantitative estimate of drug-likeness (QED) is 0.566. The SMILES string of the molecule is NCc1nnc2ccc(-c3ccc4nc[nH]c4c3)nn12. The number of nitrogens with one attached hydrogen (secondary N) is 1. The van der Waals surface area contributed by atoms with Crippen LogP contribution in [-0.2, 0) is 6.54 Å². The van der Waals surface area contributed by atoms with E-state index >= 15 is 0 Å². The van der Waals surface area contributed by atoms with Crippen LogP contribution in [0.2, 0.25) is 0 Å². The molecule has 0 radical (unpaired) electrons. The lowest BCUT2D eigenvalue weighted by Crippen LogP contribution is -2.05. The van der Waals surface area contributed by atoms with E-state index in [4.69, 9.17) is 5.73 Å². The van der Waals surface area contributed by atoms with Gasteiger partial charge in [-0.1, -0.05) is 6.07 Å². The maximum absolute atomic E-state index is 5.63. The van der Waals surface area contributed by atoms with Crippen LogP contribution in [0.15, 0.2) is 36.7 Å². The van der Waals surface area contributed by atoms with E-state index in [0.29, 0.717) is 18.0 Å². The van der Waals surface area contributed by atoms with E-state index in [1.54, 1.807) is 10.8 Å². The van der Waals surface area contributed by atoms with E-state index in [1.165, 1.54) is 0 Å². The van der Waals surface area contributed by atoms with Crippen LogP contribution in [-0.4, -0.2) is 29.8 Å². The molecule has 3 heterocycles. The second-order valence-corrected chi connectivity index (χ2v) is 4.44. The van der Waals surface area contributed by atoms with Crippen LogP contribution in [0.3, 0.4) is 0 Å². The first-order valence-electron chi connectivity index (χ1n) is 6.20. The number of hydrogen-bond acceptors (Lipinski definition) is 5. The zero-order valence-electron chi connectivity index (χ0n) is 10.5. The topological polar surface area (TPSA) is 97.8 Å². The minimum Gasteiger partial charge on any atom is -0.345 e. The van der Waals surface area contributed by atoms with Crippen molar-refractivity contribution in [2.24, 2.45) is 5.73 Å². The largest absolute Gasteiger partial charge is 0.345 e. The third kappa shape index (κ3) is 1.57. The molecule has 0 atom stereocenters. The molecule has 7 nitrogen and oxygen atoms in total. The highest BCUT2D eigenvalue weighted by Crippen LogP contribution is 2.21. The fourth-order valence-corrected chi connectivity index (χ4v) is 2.21. The van der Waals surface area contributed by atoms with Gasteiger partial charge < -0.3 is 10.7 Å². The summed E-state index contributed by atoms with van der Waals surface area (Å²) >= 11 is 0. The fourth-order valence-electron chi connectivity index (χ4n) is 2.21. The molecular weight excluding hydrogens is 254 g/mol. The summed E-state index contributed by atoms with van der Waals surface area (Å²) in [4.78, 5) is 7.30. The molecule has 0 fully saturated rings. The predicted molar refractivity (Wildman–Crippen MR) is 73.8 cm³/mol. The molecule has 20 heavy (non-hydrogen) atoms. The number of H-pyrrole nitrogens is 1. The third-order valence-electron chi connectivity index (χ3n) is 3.23. The van der Waals surface area contributed by atoms with Gasteiger partial charge in [-0.25, -0.2) is 4.98 Å². The van der Waals surface area contributed by atoms with Gasteiger partial charge in [0.1, 0.15) is 0 Å². The van der Waals surface area contributed by atoms with E-state index < -0.39 is 0 Å². The number of benzene rings is 1. The zero-order chi connectivity index (χ0) is 13.5. The maximum Gasteiger partial charge on any atom is 0.177 e. The van der Waals surface area contributed by atoms with Gasteiger partial charge in [0.25, 0.3) is 0 Å². The van der Waals surface area contributed by atoms with Crippen molar-refractivity contribution >= 4 is 16.7 Å². The van der Waals surface area contributed by atoms with Crippen LogP contribution < -0.4 is 5.73 Å². The Morgan fingerprint density at radius 3 is 3.00 bits per heavy atom. The molecule has 0 unspecified atom stereocenters. The van der Waals surface area contributed by atoms with Crippen molar-refractivity contribution in [2.45, 2.75) is 6.54 Å². The van der Waals surface area contributed by atoms with E-state index in [9.17, 15) is 0 Å². The molecule has 4 rings (SSSR count). The second kappa shape index (κ2) is 4.10. The summed E-state index contributed by atoms with van der Waals surface area (Å²) in [5.41, 5.74) is 10.1. The molecule has 0 aliphatic rings. The first kappa shape index (κ1) is 11.1. The van der Waals surface area contributed by atoms with Gasteiger partial charge in [0.05, 0.1) is 29.6 Å². The van der Waals surface area contributed by atoms with Crippen molar-refractivity contribution in [3.05, 3.63) is 42.5 Å². The molecule has 0 amide bonds. The first-order valence-corrected chi connectivity index (χ1v) is 6.20. The molecule has 0 saturated carbocycles. The number of aromatic amines is 1. The second-order valence-electron chi connectivity index (χ2n) is 4.44. The van der Waals surface area contributed by atoms with E-state index in [1.807, 2.05) is 30.3 Å². The van der Waals surface area contributed by atoms with Crippen molar-refractivity contribution in [2.75, 3.05) is 0 Å². The van der Waals surface area contributed by atoms with E-state index in [2.05, 4.69) is 25.3 Å². The normalized spacial score (nSPS) is 11.4. The monoisotopic (exact) mass is 265 g/mol. The molecule has 1 aromatic carbocycles. The minimum atomic E-state index is 0.303. The van der Waals surface area contributed by atoms with Crippen molar-refractivity contribution in [3.8, 4) is 11.3 Å². The van der Waals surface area contributed by atoms with Gasteiger partial charge in [0, 0.05) is 5.56 Å². The summed E-state index contributed by atoms with van der Waals surface area (Å²) in [6, 6.07) is 9.77. The lowest BCUT2D eigenvalue weighted by atomic mass is 10.1. The number of imidazole rings is 1. The molecular formula is C13H11N7. The van der Waals surface area contributed by atoms with Gasteiger partial charge in [-0.3, -0.25) is 0 Å². The van der Waals surface area contributed by atoms with Crippen molar-refractivity contribution in [3.63, 3.8) is 0 Å². The van der Waals surface area contributed by atoms with Crippen LogP contribution in [0.4, 0.5) is 0 Å². The molecule has 0 saturated heterocycles. The summed E-state index contributed by atoms with van der Waals surface area (Å²) in [6.45, 7) is 0.303. The molecule has 0 aliphatic heterocycles. The minimum absolute atomic E-state index is 0.303. The smallest absolute Gasteiger partial charge is 0.177 e. The van der Waals surface area contributed by atoms with Gasteiger partial charge in [-0.05, 0) is 24.3 Å². The Morgan fingerprint density at radius 1 is 1.15 bits per heavy atom. The number of nitrogens with zero attached hydrogens (tertiary/aromatic N) is 5. The summed E-state index contributed by atoms with van der Waals surface area (Å²) in [7, 11) is 0. The lowest BCUT2D eigenvalue weighted by molar-refractivity contribution is 0.811. The summed E-state index contributed by atoms with van der Waals surface area (Å²) in [6.07, 6.45) is 1.68. The van der Waals surface area contributed by atoms with Crippen molar-refractivity contribution in [1.29, 1.82) is 0 Å². The average Bonchev–Trinajstić information content (AvgIpc) is 3.12. The van der Waals surface area contributed by atoms with Gasteiger partial charge in [0.15, 0.2) is 11.5 Å². The van der Waals surface area contributed by atoms with Crippen LogP contribution in [0.5, 0.6) is 0 Å². The molecule has 0 spiro atoms. The van der Waals surface area contributed by atoms with Gasteiger partial charge in [0.2, 0.25) is 0 Å². The lowest BCUT2D eigenvalue weighted by Gasteiger charge is -2.02. The standard InChI is InChI=1S/C13H11N7/c14-6-13-18-17-12-4-3-9(19-20(12)13)8-1-2-10-11(5-8)16-7-15-10/h1-5,7H,6,14H2,(H,15,16). The molecule has 7 heteroatoms. The highest BCUT2D eigenvalue weighted by atomic mass is 15.4. The Balaban J connectivity index is 1.91. The van der Waals surface area contributed by atoms with Crippen LogP contribution in [0.1, 0.15) is 5.82 Å². The van der Waals surface area contributed by atoms with E-state index in [-0.39, 0.29) is 0 Å². The fraction of sp³-hybridized carbons (Fsp3) is 0.0769. The number of hydrogen-bond donors (Lipinski definition) is 2. The molecule has 0 aliphatic carbocycles. The Morgan fingerprint density at radius 2 is 2.10 bits per heavy atom. The van der Waals surface area contributed by atoms with E-state index in [0.717, 1.165) is 22.3 Å². The molecule has 0 bridgehead atoms.